The molecule has 0 N–H and O–H groups in total. The quantitative estimate of drug-likeness (QED) is 0.436. The molecule has 0 fully saturated rings. The SMILES string of the molecule is CCOc1ccc2c(c1)O/C(=C\c1ccc(OC(=O)CC)c(OC)c1)C2=O. The van der Waals surface area contributed by atoms with E-state index < -0.39 is 0 Å². The molecule has 1 aliphatic heterocycles. The second kappa shape index (κ2) is 7.95. The first kappa shape index (κ1) is 18.5. The molecule has 1 heterocycles. The van der Waals surface area contributed by atoms with Crippen molar-refractivity contribution in [1.29, 1.82) is 0 Å². The van der Waals surface area contributed by atoms with Gasteiger partial charge in [-0.3, -0.25) is 9.59 Å². The van der Waals surface area contributed by atoms with Gasteiger partial charge in [-0.2, -0.15) is 0 Å². The van der Waals surface area contributed by atoms with Gasteiger partial charge in [0.15, 0.2) is 17.3 Å². The highest BCUT2D eigenvalue weighted by molar-refractivity contribution is 6.14. The summed E-state index contributed by atoms with van der Waals surface area (Å²) < 4.78 is 21.6. The molecule has 0 radical (unpaired) electrons. The Morgan fingerprint density at radius 1 is 1.11 bits per heavy atom. The van der Waals surface area contributed by atoms with E-state index in [1.807, 2.05) is 6.92 Å². The topological polar surface area (TPSA) is 71.1 Å². The van der Waals surface area contributed by atoms with Crippen LogP contribution in [0.15, 0.2) is 42.2 Å². The van der Waals surface area contributed by atoms with Crippen LogP contribution in [0.5, 0.6) is 23.0 Å². The van der Waals surface area contributed by atoms with Crippen LogP contribution in [0.3, 0.4) is 0 Å². The molecule has 27 heavy (non-hydrogen) atoms. The number of esters is 1. The van der Waals surface area contributed by atoms with Crippen molar-refractivity contribution in [3.63, 3.8) is 0 Å². The lowest BCUT2D eigenvalue weighted by atomic mass is 10.1. The smallest absolute Gasteiger partial charge is 0.311 e. The lowest BCUT2D eigenvalue weighted by Gasteiger charge is -2.09. The minimum Gasteiger partial charge on any atom is -0.494 e. The van der Waals surface area contributed by atoms with Gasteiger partial charge >= 0.3 is 5.97 Å². The molecule has 3 rings (SSSR count). The Kier molecular flexibility index (Phi) is 5.45. The number of benzene rings is 2. The lowest BCUT2D eigenvalue weighted by Crippen LogP contribution is -2.06. The maximum absolute atomic E-state index is 12.5. The molecule has 140 valence electrons. The normalized spacial score (nSPS) is 13.9. The Hall–Kier alpha value is -3.28. The highest BCUT2D eigenvalue weighted by atomic mass is 16.6. The predicted molar refractivity (Wildman–Crippen MR) is 99.5 cm³/mol. The van der Waals surface area contributed by atoms with Crippen molar-refractivity contribution in [2.45, 2.75) is 20.3 Å². The molecule has 0 aromatic heterocycles. The molecular formula is C21H20O6. The molecule has 6 heteroatoms. The molecule has 0 saturated carbocycles. The van der Waals surface area contributed by atoms with Crippen molar-refractivity contribution in [3.05, 3.63) is 53.3 Å². The van der Waals surface area contributed by atoms with Gasteiger partial charge in [0.2, 0.25) is 5.78 Å². The number of ketones is 1. The lowest BCUT2D eigenvalue weighted by molar-refractivity contribution is -0.134. The molecule has 6 nitrogen and oxygen atoms in total. The van der Waals surface area contributed by atoms with Gasteiger partial charge < -0.3 is 18.9 Å². The number of rotatable bonds is 6. The molecule has 0 spiro atoms. The summed E-state index contributed by atoms with van der Waals surface area (Å²) in [5.74, 6) is 1.50. The number of fused-ring (bicyclic) bond motifs is 1. The third-order valence-electron chi connectivity index (χ3n) is 3.95. The van der Waals surface area contributed by atoms with Gasteiger partial charge in [-0.1, -0.05) is 13.0 Å². The van der Waals surface area contributed by atoms with Gasteiger partial charge in [-0.05, 0) is 42.8 Å². The molecule has 0 atom stereocenters. The van der Waals surface area contributed by atoms with E-state index in [2.05, 4.69) is 0 Å². The van der Waals surface area contributed by atoms with E-state index >= 15 is 0 Å². The van der Waals surface area contributed by atoms with Crippen LogP contribution in [0, 0.1) is 0 Å². The van der Waals surface area contributed by atoms with Crippen molar-refractivity contribution >= 4 is 17.8 Å². The first-order valence-corrected chi connectivity index (χ1v) is 8.65. The highest BCUT2D eigenvalue weighted by Crippen LogP contribution is 2.36. The number of carbonyl (C=O) groups excluding carboxylic acids is 2. The number of allylic oxidation sites excluding steroid dienone is 1. The standard InChI is InChI=1S/C21H20O6/c1-4-20(22)27-16-9-6-13(10-18(16)24-3)11-19-21(23)15-8-7-14(25-5-2)12-17(15)26-19/h6-12H,4-5H2,1-3H3/b19-11-. The van der Waals surface area contributed by atoms with Crippen LogP contribution < -0.4 is 18.9 Å². The summed E-state index contributed by atoms with van der Waals surface area (Å²) in [5.41, 5.74) is 1.18. The van der Waals surface area contributed by atoms with Gasteiger partial charge in [-0.25, -0.2) is 0 Å². The number of carbonyl (C=O) groups is 2. The number of methoxy groups -OCH3 is 1. The number of ether oxygens (including phenoxy) is 4. The maximum Gasteiger partial charge on any atom is 0.311 e. The molecular weight excluding hydrogens is 348 g/mol. The number of hydrogen-bond donors (Lipinski definition) is 0. The van der Waals surface area contributed by atoms with E-state index in [-0.39, 0.29) is 23.9 Å². The number of hydrogen-bond acceptors (Lipinski definition) is 6. The van der Waals surface area contributed by atoms with Crippen LogP contribution >= 0.6 is 0 Å². The van der Waals surface area contributed by atoms with Crippen molar-refractivity contribution in [1.82, 2.24) is 0 Å². The Morgan fingerprint density at radius 3 is 2.63 bits per heavy atom. The zero-order chi connectivity index (χ0) is 19.4. The van der Waals surface area contributed by atoms with Crippen LogP contribution in [-0.4, -0.2) is 25.5 Å². The van der Waals surface area contributed by atoms with Crippen LogP contribution in [-0.2, 0) is 4.79 Å². The molecule has 0 bridgehead atoms. The zero-order valence-corrected chi connectivity index (χ0v) is 15.4. The van der Waals surface area contributed by atoms with Gasteiger partial charge in [0, 0.05) is 12.5 Å². The molecule has 0 amide bonds. The van der Waals surface area contributed by atoms with E-state index in [4.69, 9.17) is 18.9 Å². The van der Waals surface area contributed by atoms with Crippen LogP contribution in [0.4, 0.5) is 0 Å². The van der Waals surface area contributed by atoms with Crippen LogP contribution in [0.25, 0.3) is 6.08 Å². The van der Waals surface area contributed by atoms with Crippen molar-refractivity contribution in [2.75, 3.05) is 13.7 Å². The van der Waals surface area contributed by atoms with E-state index in [1.165, 1.54) is 7.11 Å². The van der Waals surface area contributed by atoms with Gasteiger partial charge in [0.05, 0.1) is 19.3 Å². The van der Waals surface area contributed by atoms with Gasteiger partial charge in [0.25, 0.3) is 0 Å². The summed E-state index contributed by atoms with van der Waals surface area (Å²) in [6.07, 6.45) is 1.88. The summed E-state index contributed by atoms with van der Waals surface area (Å²) in [6, 6.07) is 10.2. The summed E-state index contributed by atoms with van der Waals surface area (Å²) in [4.78, 5) is 24.0. The largest absolute Gasteiger partial charge is 0.494 e. The molecule has 2 aromatic carbocycles. The van der Waals surface area contributed by atoms with Gasteiger partial charge in [-0.15, -0.1) is 0 Å². The summed E-state index contributed by atoms with van der Waals surface area (Å²) in [6.45, 7) is 4.13. The molecule has 0 aliphatic carbocycles. The molecule has 2 aromatic rings. The molecule has 1 aliphatic rings. The summed E-state index contributed by atoms with van der Waals surface area (Å²) in [7, 11) is 1.48. The van der Waals surface area contributed by atoms with Crippen molar-refractivity contribution in [2.24, 2.45) is 0 Å². The first-order chi connectivity index (χ1) is 13.0. The minimum atomic E-state index is -0.353. The van der Waals surface area contributed by atoms with E-state index in [9.17, 15) is 9.59 Å². The fourth-order valence-corrected chi connectivity index (χ4v) is 2.63. The Bertz CT molecular complexity index is 913. The van der Waals surface area contributed by atoms with Gasteiger partial charge in [0.1, 0.15) is 11.5 Å². The average Bonchev–Trinajstić information content (AvgIpc) is 2.98. The van der Waals surface area contributed by atoms with Crippen molar-refractivity contribution in [3.8, 4) is 23.0 Å². The third-order valence-corrected chi connectivity index (χ3v) is 3.95. The predicted octanol–water partition coefficient (Wildman–Crippen LogP) is 4.03. The Morgan fingerprint density at radius 2 is 1.93 bits per heavy atom. The van der Waals surface area contributed by atoms with E-state index in [1.54, 1.807) is 49.4 Å². The fraction of sp³-hybridized carbons (Fsp3) is 0.238. The van der Waals surface area contributed by atoms with Crippen LogP contribution in [0.1, 0.15) is 36.2 Å². The second-order valence-corrected chi connectivity index (χ2v) is 5.77. The Labute approximate surface area is 157 Å². The first-order valence-electron chi connectivity index (χ1n) is 8.65. The minimum absolute atomic E-state index is 0.200. The van der Waals surface area contributed by atoms with E-state index in [0.29, 0.717) is 40.7 Å². The fourth-order valence-electron chi connectivity index (χ4n) is 2.63. The van der Waals surface area contributed by atoms with Crippen molar-refractivity contribution < 1.29 is 28.5 Å². The summed E-state index contributed by atoms with van der Waals surface area (Å²) in [5, 5.41) is 0. The number of Topliss-reactive ketones (excluding diaryl/α,β-unsaturated/α-hetero) is 1. The Balaban J connectivity index is 1.86. The van der Waals surface area contributed by atoms with E-state index in [0.717, 1.165) is 0 Å². The van der Waals surface area contributed by atoms with Crippen LogP contribution in [0.2, 0.25) is 0 Å². The second-order valence-electron chi connectivity index (χ2n) is 5.77. The third kappa shape index (κ3) is 3.95. The summed E-state index contributed by atoms with van der Waals surface area (Å²) >= 11 is 0. The average molecular weight is 368 g/mol. The maximum atomic E-state index is 12.5. The molecule has 0 saturated heterocycles. The monoisotopic (exact) mass is 368 g/mol. The highest BCUT2D eigenvalue weighted by Gasteiger charge is 2.27. The zero-order valence-electron chi connectivity index (χ0n) is 15.4. The molecule has 0 unspecified atom stereocenters.